The Morgan fingerprint density at radius 1 is 1.17 bits per heavy atom. The van der Waals surface area contributed by atoms with Crippen molar-refractivity contribution in [1.29, 1.82) is 0 Å². The third-order valence-corrected chi connectivity index (χ3v) is 3.44. The number of hydrogen-bond acceptors (Lipinski definition) is 3. The summed E-state index contributed by atoms with van der Waals surface area (Å²) in [5.74, 6) is -0.551. The van der Waals surface area contributed by atoms with E-state index in [2.05, 4.69) is 10.3 Å². The quantitative estimate of drug-likeness (QED) is 0.897. The topological polar surface area (TPSA) is 62.3 Å². The van der Waals surface area contributed by atoms with Crippen LogP contribution >= 0.6 is 23.2 Å². The molecule has 120 valence electrons. The van der Waals surface area contributed by atoms with Gasteiger partial charge in [0.25, 0.3) is 0 Å². The molecule has 0 radical (unpaired) electrons. The molecular formula is C16H15Cl2N3O2. The predicted molar refractivity (Wildman–Crippen MR) is 90.4 cm³/mol. The second-order valence-electron chi connectivity index (χ2n) is 4.90. The molecule has 0 bridgehead atoms. The molecule has 2 aromatic rings. The summed E-state index contributed by atoms with van der Waals surface area (Å²) in [4.78, 5) is 29.4. The normalized spacial score (nSPS) is 10.2. The molecule has 1 aromatic carbocycles. The lowest BCUT2D eigenvalue weighted by atomic mass is 10.3. The molecule has 0 aliphatic heterocycles. The van der Waals surface area contributed by atoms with E-state index in [-0.39, 0.29) is 24.9 Å². The first-order valence-electron chi connectivity index (χ1n) is 6.85. The van der Waals surface area contributed by atoms with Crippen LogP contribution in [0.15, 0.2) is 42.6 Å². The highest BCUT2D eigenvalue weighted by Gasteiger charge is 2.15. The number of aromatic nitrogens is 1. The van der Waals surface area contributed by atoms with Crippen LogP contribution in [0.4, 0.5) is 5.69 Å². The van der Waals surface area contributed by atoms with Crippen LogP contribution < -0.4 is 5.32 Å². The number of amides is 2. The van der Waals surface area contributed by atoms with Crippen molar-refractivity contribution >= 4 is 40.7 Å². The molecule has 5 nitrogen and oxygen atoms in total. The molecule has 0 saturated carbocycles. The predicted octanol–water partition coefficient (Wildman–Crippen LogP) is 3.38. The summed E-state index contributed by atoms with van der Waals surface area (Å²) in [5, 5.41) is 3.51. The average molecular weight is 352 g/mol. The van der Waals surface area contributed by atoms with Crippen molar-refractivity contribution < 1.29 is 9.59 Å². The van der Waals surface area contributed by atoms with E-state index >= 15 is 0 Å². The highest BCUT2D eigenvalue weighted by atomic mass is 35.5. The van der Waals surface area contributed by atoms with Crippen molar-refractivity contribution in [2.75, 3.05) is 11.9 Å². The Morgan fingerprint density at radius 3 is 2.43 bits per heavy atom. The molecule has 1 heterocycles. The van der Waals surface area contributed by atoms with E-state index in [0.29, 0.717) is 21.4 Å². The second kappa shape index (κ2) is 7.94. The van der Waals surface area contributed by atoms with Gasteiger partial charge >= 0.3 is 0 Å². The fourth-order valence-corrected chi connectivity index (χ4v) is 2.49. The van der Waals surface area contributed by atoms with Crippen molar-refractivity contribution in [1.82, 2.24) is 9.88 Å². The van der Waals surface area contributed by atoms with Crippen LogP contribution in [0.3, 0.4) is 0 Å². The zero-order chi connectivity index (χ0) is 16.8. The lowest BCUT2D eigenvalue weighted by Crippen LogP contribution is -2.36. The van der Waals surface area contributed by atoms with Crippen molar-refractivity contribution in [2.45, 2.75) is 13.5 Å². The van der Waals surface area contributed by atoms with E-state index in [1.807, 2.05) is 6.07 Å². The van der Waals surface area contributed by atoms with Gasteiger partial charge in [0, 0.05) is 28.9 Å². The summed E-state index contributed by atoms with van der Waals surface area (Å²) >= 11 is 11.8. The Balaban J connectivity index is 2.02. The van der Waals surface area contributed by atoms with Gasteiger partial charge in [0.15, 0.2) is 0 Å². The van der Waals surface area contributed by atoms with Crippen molar-refractivity contribution in [3.8, 4) is 0 Å². The molecule has 2 rings (SSSR count). The largest absolute Gasteiger partial charge is 0.328 e. The maximum atomic E-state index is 12.1. The molecule has 0 aliphatic carbocycles. The monoisotopic (exact) mass is 351 g/mol. The first-order chi connectivity index (χ1) is 10.9. The van der Waals surface area contributed by atoms with Gasteiger partial charge in [-0.05, 0) is 30.3 Å². The standard InChI is InChI=1S/C16H15Cl2N3O2/c1-11(22)21(9-14-4-2-3-5-19-14)10-16(23)20-15-7-12(17)6-13(18)8-15/h2-8H,9-10H2,1H3,(H,20,23). The van der Waals surface area contributed by atoms with Crippen LogP contribution in [-0.2, 0) is 16.1 Å². The molecule has 0 atom stereocenters. The molecule has 7 heteroatoms. The van der Waals surface area contributed by atoms with E-state index in [9.17, 15) is 9.59 Å². The van der Waals surface area contributed by atoms with Gasteiger partial charge in [-0.15, -0.1) is 0 Å². The first-order valence-corrected chi connectivity index (χ1v) is 7.61. The summed E-state index contributed by atoms with van der Waals surface area (Å²) in [5.41, 5.74) is 1.19. The van der Waals surface area contributed by atoms with Crippen LogP contribution in [0.1, 0.15) is 12.6 Å². The number of rotatable bonds is 5. The Bertz CT molecular complexity index is 687. The van der Waals surface area contributed by atoms with Crippen LogP contribution in [0.25, 0.3) is 0 Å². The molecule has 0 saturated heterocycles. The van der Waals surface area contributed by atoms with Gasteiger partial charge in [-0.3, -0.25) is 14.6 Å². The number of pyridine rings is 1. The molecule has 1 aromatic heterocycles. The van der Waals surface area contributed by atoms with Gasteiger partial charge in [0.05, 0.1) is 12.2 Å². The number of nitrogens with zero attached hydrogens (tertiary/aromatic N) is 2. The smallest absolute Gasteiger partial charge is 0.244 e. The van der Waals surface area contributed by atoms with Crippen molar-refractivity contribution in [3.05, 3.63) is 58.3 Å². The zero-order valence-corrected chi connectivity index (χ0v) is 13.9. The molecule has 0 aliphatic rings. The van der Waals surface area contributed by atoms with Crippen LogP contribution in [0.2, 0.25) is 10.0 Å². The Kier molecular flexibility index (Phi) is 5.96. The van der Waals surface area contributed by atoms with Gasteiger partial charge in [-0.2, -0.15) is 0 Å². The van der Waals surface area contributed by atoms with E-state index < -0.39 is 0 Å². The zero-order valence-electron chi connectivity index (χ0n) is 12.4. The van der Waals surface area contributed by atoms with E-state index in [1.54, 1.807) is 36.5 Å². The van der Waals surface area contributed by atoms with E-state index in [0.717, 1.165) is 0 Å². The van der Waals surface area contributed by atoms with Crippen LogP contribution in [0.5, 0.6) is 0 Å². The number of anilines is 1. The maximum Gasteiger partial charge on any atom is 0.244 e. The third kappa shape index (κ3) is 5.54. The van der Waals surface area contributed by atoms with Gasteiger partial charge in [0.1, 0.15) is 6.54 Å². The molecule has 1 N–H and O–H groups in total. The van der Waals surface area contributed by atoms with Gasteiger partial charge in [0.2, 0.25) is 11.8 Å². The molecule has 0 fully saturated rings. The fraction of sp³-hybridized carbons (Fsp3) is 0.188. The van der Waals surface area contributed by atoms with E-state index in [1.165, 1.54) is 11.8 Å². The highest BCUT2D eigenvalue weighted by molar-refractivity contribution is 6.35. The molecule has 0 spiro atoms. The van der Waals surface area contributed by atoms with E-state index in [4.69, 9.17) is 23.2 Å². The Hall–Kier alpha value is -2.11. The van der Waals surface area contributed by atoms with Crippen molar-refractivity contribution in [2.24, 2.45) is 0 Å². The summed E-state index contributed by atoms with van der Waals surface area (Å²) in [7, 11) is 0. The summed E-state index contributed by atoms with van der Waals surface area (Å²) in [6, 6.07) is 10.2. The average Bonchev–Trinajstić information content (AvgIpc) is 2.46. The minimum Gasteiger partial charge on any atom is -0.328 e. The number of nitrogens with one attached hydrogen (secondary N) is 1. The summed E-state index contributed by atoms with van der Waals surface area (Å²) in [6.45, 7) is 1.59. The van der Waals surface area contributed by atoms with Crippen LogP contribution in [-0.4, -0.2) is 28.2 Å². The fourth-order valence-electron chi connectivity index (χ4n) is 1.97. The lowest BCUT2D eigenvalue weighted by molar-refractivity contribution is -0.133. The minimum absolute atomic E-state index is 0.0873. The number of hydrogen-bond donors (Lipinski definition) is 1. The summed E-state index contributed by atoms with van der Waals surface area (Å²) < 4.78 is 0. The van der Waals surface area contributed by atoms with Crippen LogP contribution in [0, 0.1) is 0 Å². The summed E-state index contributed by atoms with van der Waals surface area (Å²) in [6.07, 6.45) is 1.64. The highest BCUT2D eigenvalue weighted by Crippen LogP contribution is 2.22. The molecular weight excluding hydrogens is 337 g/mol. The number of carbonyl (C=O) groups excluding carboxylic acids is 2. The van der Waals surface area contributed by atoms with Crippen molar-refractivity contribution in [3.63, 3.8) is 0 Å². The molecule has 23 heavy (non-hydrogen) atoms. The molecule has 2 amide bonds. The third-order valence-electron chi connectivity index (χ3n) is 3.01. The Labute approximate surface area is 144 Å². The maximum absolute atomic E-state index is 12.1. The Morgan fingerprint density at radius 2 is 1.87 bits per heavy atom. The second-order valence-corrected chi connectivity index (χ2v) is 5.78. The number of halogens is 2. The van der Waals surface area contributed by atoms with Gasteiger partial charge in [-0.25, -0.2) is 0 Å². The van der Waals surface area contributed by atoms with Gasteiger partial charge in [-0.1, -0.05) is 29.3 Å². The minimum atomic E-state index is -0.338. The lowest BCUT2D eigenvalue weighted by Gasteiger charge is -2.20. The SMILES string of the molecule is CC(=O)N(CC(=O)Nc1cc(Cl)cc(Cl)c1)Cc1ccccn1. The van der Waals surface area contributed by atoms with Gasteiger partial charge < -0.3 is 10.2 Å². The molecule has 0 unspecified atom stereocenters. The number of carbonyl (C=O) groups is 2. The first kappa shape index (κ1) is 17.2. The number of benzene rings is 1.